The Morgan fingerprint density at radius 3 is 2.44 bits per heavy atom. The molecule has 0 aromatic rings. The summed E-state index contributed by atoms with van der Waals surface area (Å²) < 4.78 is 3.87. The number of methoxy groups -OCH3 is 1. The summed E-state index contributed by atoms with van der Waals surface area (Å²) in [5.74, 6) is -0.482. The van der Waals surface area contributed by atoms with Crippen LogP contribution in [-0.2, 0) is 14.3 Å². The number of ether oxygens (including phenoxy) is 1. The van der Waals surface area contributed by atoms with Gasteiger partial charge in [0.15, 0.2) is 0 Å². The molecule has 0 aliphatic heterocycles. The molecule has 5 heteroatoms. The van der Waals surface area contributed by atoms with Gasteiger partial charge in [0.1, 0.15) is 4.75 Å². The summed E-state index contributed by atoms with van der Waals surface area (Å²) in [5, 5.41) is 9.27. The largest absolute Gasteiger partial charge is 0.480 e. The number of carbonyl (C=O) groups excluding carboxylic acids is 1. The van der Waals surface area contributed by atoms with E-state index in [1.54, 1.807) is 0 Å². The van der Waals surface area contributed by atoms with Crippen LogP contribution in [0, 0.1) is 0 Å². The van der Waals surface area contributed by atoms with Crippen molar-refractivity contribution in [1.29, 1.82) is 0 Å². The zero-order valence-electron chi connectivity index (χ0n) is 9.53. The van der Waals surface area contributed by atoms with Crippen LogP contribution in [0.4, 0.5) is 0 Å². The number of hydrogen-bond donors (Lipinski definition) is 1. The second-order valence-corrected chi connectivity index (χ2v) is 5.51. The third kappa shape index (κ3) is 3.40. The van der Waals surface area contributed by atoms with E-state index >= 15 is 0 Å². The highest BCUT2D eigenvalue weighted by Crippen LogP contribution is 2.40. The van der Waals surface area contributed by atoms with Crippen LogP contribution in [0.1, 0.15) is 38.5 Å². The van der Waals surface area contributed by atoms with E-state index in [9.17, 15) is 14.7 Å². The van der Waals surface area contributed by atoms with Crippen LogP contribution in [0.25, 0.3) is 0 Å². The number of aliphatic carboxylic acids is 1. The molecule has 4 nitrogen and oxygen atoms in total. The van der Waals surface area contributed by atoms with Crippen molar-refractivity contribution in [3.05, 3.63) is 0 Å². The molecular formula is C11H18O4S. The number of carbonyl (C=O) groups is 2. The molecule has 0 aromatic heterocycles. The lowest BCUT2D eigenvalue weighted by Gasteiger charge is -2.32. The maximum atomic E-state index is 11.3. The van der Waals surface area contributed by atoms with E-state index in [0.29, 0.717) is 18.6 Å². The maximum Gasteiger partial charge on any atom is 0.319 e. The molecule has 0 amide bonds. The molecule has 1 aliphatic rings. The summed E-state index contributed by atoms with van der Waals surface area (Å²) in [5.41, 5.74) is 0. The van der Waals surface area contributed by atoms with Gasteiger partial charge < -0.3 is 9.84 Å². The van der Waals surface area contributed by atoms with Gasteiger partial charge in [-0.1, -0.05) is 19.3 Å². The highest BCUT2D eigenvalue weighted by atomic mass is 32.2. The first-order valence-electron chi connectivity index (χ1n) is 5.55. The van der Waals surface area contributed by atoms with Gasteiger partial charge in [-0.15, -0.1) is 11.8 Å². The number of esters is 1. The quantitative estimate of drug-likeness (QED) is 0.752. The van der Waals surface area contributed by atoms with E-state index in [-0.39, 0.29) is 12.4 Å². The van der Waals surface area contributed by atoms with Crippen LogP contribution >= 0.6 is 11.8 Å². The first-order chi connectivity index (χ1) is 7.60. The third-order valence-electron chi connectivity index (χ3n) is 2.96. The Kier molecular flexibility index (Phi) is 5.12. The number of carboxylic acid groups (broad SMARTS) is 1. The van der Waals surface area contributed by atoms with Crippen LogP contribution in [0.15, 0.2) is 0 Å². The molecule has 0 radical (unpaired) electrons. The highest BCUT2D eigenvalue weighted by molar-refractivity contribution is 8.01. The van der Waals surface area contributed by atoms with Gasteiger partial charge >= 0.3 is 11.9 Å². The summed E-state index contributed by atoms with van der Waals surface area (Å²) in [6, 6.07) is 0. The van der Waals surface area contributed by atoms with Gasteiger partial charge in [-0.3, -0.25) is 9.59 Å². The van der Waals surface area contributed by atoms with Crippen molar-refractivity contribution >= 4 is 23.7 Å². The second-order valence-electron chi connectivity index (χ2n) is 4.03. The number of rotatable bonds is 5. The van der Waals surface area contributed by atoms with E-state index in [4.69, 9.17) is 0 Å². The topological polar surface area (TPSA) is 63.6 Å². The Morgan fingerprint density at radius 1 is 1.31 bits per heavy atom. The van der Waals surface area contributed by atoms with Crippen LogP contribution in [0.5, 0.6) is 0 Å². The van der Waals surface area contributed by atoms with Gasteiger partial charge in [-0.25, -0.2) is 0 Å². The van der Waals surface area contributed by atoms with Gasteiger partial charge in [0.2, 0.25) is 0 Å². The van der Waals surface area contributed by atoms with E-state index < -0.39 is 10.7 Å². The minimum atomic E-state index is -0.734. The summed E-state index contributed by atoms with van der Waals surface area (Å²) >= 11 is 1.40. The lowest BCUT2D eigenvalue weighted by atomic mass is 9.88. The van der Waals surface area contributed by atoms with E-state index in [2.05, 4.69) is 4.74 Å². The molecule has 0 unspecified atom stereocenters. The van der Waals surface area contributed by atoms with Gasteiger partial charge in [0.05, 0.1) is 13.5 Å². The summed E-state index contributed by atoms with van der Waals surface area (Å²) in [6.07, 6.45) is 4.78. The van der Waals surface area contributed by atoms with Crippen LogP contribution in [-0.4, -0.2) is 34.7 Å². The van der Waals surface area contributed by atoms with Gasteiger partial charge in [-0.05, 0) is 12.8 Å². The highest BCUT2D eigenvalue weighted by Gasteiger charge is 2.39. The predicted molar refractivity (Wildman–Crippen MR) is 62.5 cm³/mol. The van der Waals surface area contributed by atoms with Crippen molar-refractivity contribution in [2.45, 2.75) is 43.3 Å². The fraction of sp³-hybridized carbons (Fsp3) is 0.818. The molecule has 0 saturated heterocycles. The minimum absolute atomic E-state index is 0.274. The van der Waals surface area contributed by atoms with Gasteiger partial charge in [0, 0.05) is 5.75 Å². The Balaban J connectivity index is 2.45. The molecule has 0 spiro atoms. The fourth-order valence-corrected chi connectivity index (χ4v) is 3.33. The van der Waals surface area contributed by atoms with Crippen LogP contribution in [0.2, 0.25) is 0 Å². The molecule has 1 fully saturated rings. The zero-order valence-corrected chi connectivity index (χ0v) is 10.3. The Hall–Kier alpha value is -0.710. The minimum Gasteiger partial charge on any atom is -0.480 e. The molecule has 1 aliphatic carbocycles. The molecule has 16 heavy (non-hydrogen) atoms. The SMILES string of the molecule is COC(=O)CCSC1(C(=O)O)CCCCC1. The van der Waals surface area contributed by atoms with Crippen molar-refractivity contribution in [2.24, 2.45) is 0 Å². The first-order valence-corrected chi connectivity index (χ1v) is 6.53. The number of thioether (sulfide) groups is 1. The normalized spacial score (nSPS) is 19.1. The van der Waals surface area contributed by atoms with Crippen molar-refractivity contribution in [3.8, 4) is 0 Å². The molecular weight excluding hydrogens is 228 g/mol. The average Bonchev–Trinajstić information content (AvgIpc) is 2.30. The number of hydrogen-bond acceptors (Lipinski definition) is 4. The van der Waals surface area contributed by atoms with Crippen LogP contribution in [0.3, 0.4) is 0 Å². The molecule has 0 bridgehead atoms. The zero-order chi connectivity index (χ0) is 12.0. The summed E-state index contributed by atoms with van der Waals surface area (Å²) in [6.45, 7) is 0. The lowest BCUT2D eigenvalue weighted by molar-refractivity contribution is -0.141. The first kappa shape index (κ1) is 13.4. The lowest BCUT2D eigenvalue weighted by Crippen LogP contribution is -2.37. The molecule has 1 saturated carbocycles. The van der Waals surface area contributed by atoms with Gasteiger partial charge in [0.25, 0.3) is 0 Å². The van der Waals surface area contributed by atoms with Crippen LogP contribution < -0.4 is 0 Å². The predicted octanol–water partition coefficient (Wildman–Crippen LogP) is 2.07. The van der Waals surface area contributed by atoms with E-state index in [0.717, 1.165) is 19.3 Å². The molecule has 0 heterocycles. The van der Waals surface area contributed by atoms with Crippen molar-refractivity contribution < 1.29 is 19.4 Å². The smallest absolute Gasteiger partial charge is 0.319 e. The van der Waals surface area contributed by atoms with E-state index in [1.807, 2.05) is 0 Å². The summed E-state index contributed by atoms with van der Waals surface area (Å²) in [4.78, 5) is 22.2. The molecule has 1 rings (SSSR count). The maximum absolute atomic E-state index is 11.3. The summed E-state index contributed by atoms with van der Waals surface area (Å²) in [7, 11) is 1.35. The monoisotopic (exact) mass is 246 g/mol. The third-order valence-corrected chi connectivity index (χ3v) is 4.51. The molecule has 0 aromatic carbocycles. The van der Waals surface area contributed by atoms with Crippen molar-refractivity contribution in [3.63, 3.8) is 0 Å². The second kappa shape index (κ2) is 6.13. The molecule has 0 atom stereocenters. The number of carboxylic acids is 1. The van der Waals surface area contributed by atoms with Gasteiger partial charge in [-0.2, -0.15) is 0 Å². The molecule has 1 N–H and O–H groups in total. The molecule has 92 valence electrons. The fourth-order valence-electron chi connectivity index (χ4n) is 1.97. The van der Waals surface area contributed by atoms with Crippen molar-refractivity contribution in [1.82, 2.24) is 0 Å². The van der Waals surface area contributed by atoms with E-state index in [1.165, 1.54) is 18.9 Å². The van der Waals surface area contributed by atoms with Crippen molar-refractivity contribution in [2.75, 3.05) is 12.9 Å². The Morgan fingerprint density at radius 2 is 1.94 bits per heavy atom. The Labute approximate surface area is 99.7 Å². The average molecular weight is 246 g/mol. The standard InChI is InChI=1S/C11H18O4S/c1-15-9(12)5-8-16-11(10(13)14)6-3-2-4-7-11/h2-8H2,1H3,(H,13,14). The Bertz CT molecular complexity index is 259.